The zero-order chi connectivity index (χ0) is 19.9. The number of rotatable bonds is 15. The number of unbranched alkanes of at least 4 members (excludes halogenated alkanes) is 9. The normalized spacial score (nSPS) is 13.3. The summed E-state index contributed by atoms with van der Waals surface area (Å²) in [5.74, 6) is -0.557. The summed E-state index contributed by atoms with van der Waals surface area (Å²) in [6, 6.07) is 7.74. The number of esters is 1. The first kappa shape index (κ1) is 23.6. The number of carbonyl (C=O) groups excluding carboxylic acids is 1. The molecule has 154 valence electrons. The summed E-state index contributed by atoms with van der Waals surface area (Å²) < 4.78 is 9.88. The first-order chi connectivity index (χ1) is 13.2. The molecule has 1 aromatic carbocycles. The van der Waals surface area contributed by atoms with Gasteiger partial charge in [-0.05, 0) is 24.0 Å². The summed E-state index contributed by atoms with van der Waals surface area (Å²) in [4.78, 5) is 11.8. The molecule has 0 saturated carbocycles. The molecule has 0 fully saturated rings. The molecule has 2 unspecified atom stereocenters. The van der Waals surface area contributed by atoms with Crippen LogP contribution < -0.4 is 0 Å². The van der Waals surface area contributed by atoms with E-state index in [2.05, 4.69) is 6.92 Å². The summed E-state index contributed by atoms with van der Waals surface area (Å²) in [5.41, 5.74) is 1.83. The van der Waals surface area contributed by atoms with Crippen molar-refractivity contribution in [2.75, 3.05) is 14.2 Å². The number of methoxy groups -OCH3 is 2. The summed E-state index contributed by atoms with van der Waals surface area (Å²) in [6.45, 7) is 2.25. The van der Waals surface area contributed by atoms with Crippen LogP contribution in [0.25, 0.3) is 0 Å². The van der Waals surface area contributed by atoms with Gasteiger partial charge >= 0.3 is 5.97 Å². The Bertz CT molecular complexity index is 515. The van der Waals surface area contributed by atoms with Crippen LogP contribution in [-0.2, 0) is 20.7 Å². The van der Waals surface area contributed by atoms with Gasteiger partial charge in [-0.15, -0.1) is 0 Å². The highest BCUT2D eigenvalue weighted by Crippen LogP contribution is 2.25. The molecule has 0 radical (unpaired) electrons. The first-order valence-corrected chi connectivity index (χ1v) is 10.5. The lowest BCUT2D eigenvalue weighted by Gasteiger charge is -2.22. The van der Waals surface area contributed by atoms with Gasteiger partial charge in [0, 0.05) is 7.11 Å². The van der Waals surface area contributed by atoms with Crippen molar-refractivity contribution in [1.82, 2.24) is 0 Å². The van der Waals surface area contributed by atoms with Crippen LogP contribution in [0, 0.1) is 0 Å². The Morgan fingerprint density at radius 2 is 1.48 bits per heavy atom. The monoisotopic (exact) mass is 378 g/mol. The maximum Gasteiger partial charge on any atom is 0.338 e. The number of hydrogen-bond acceptors (Lipinski definition) is 4. The fourth-order valence-electron chi connectivity index (χ4n) is 3.49. The predicted molar refractivity (Wildman–Crippen MR) is 110 cm³/mol. The molecular weight excluding hydrogens is 340 g/mol. The van der Waals surface area contributed by atoms with E-state index in [0.29, 0.717) is 0 Å². The molecule has 1 rings (SSSR count). The summed E-state index contributed by atoms with van der Waals surface area (Å²) >= 11 is 0. The van der Waals surface area contributed by atoms with Crippen molar-refractivity contribution in [1.29, 1.82) is 0 Å². The van der Waals surface area contributed by atoms with Crippen molar-refractivity contribution >= 4 is 5.97 Å². The number of aliphatic hydroxyl groups is 1. The fourth-order valence-corrected chi connectivity index (χ4v) is 3.49. The van der Waals surface area contributed by atoms with E-state index < -0.39 is 18.2 Å². The van der Waals surface area contributed by atoms with Gasteiger partial charge in [-0.25, -0.2) is 4.79 Å². The molecular formula is C23H38O4. The van der Waals surface area contributed by atoms with Gasteiger partial charge in [0.2, 0.25) is 0 Å². The van der Waals surface area contributed by atoms with Crippen LogP contribution in [0.15, 0.2) is 24.3 Å². The largest absolute Gasteiger partial charge is 0.467 e. The molecule has 4 nitrogen and oxygen atoms in total. The van der Waals surface area contributed by atoms with Gasteiger partial charge in [0.1, 0.15) is 6.10 Å². The van der Waals surface area contributed by atoms with Crippen LogP contribution in [-0.4, -0.2) is 31.4 Å². The van der Waals surface area contributed by atoms with Crippen molar-refractivity contribution in [3.05, 3.63) is 35.4 Å². The van der Waals surface area contributed by atoms with Crippen molar-refractivity contribution < 1.29 is 19.4 Å². The van der Waals surface area contributed by atoms with Crippen LogP contribution in [0.1, 0.15) is 88.4 Å². The second-order valence-corrected chi connectivity index (χ2v) is 7.26. The molecule has 27 heavy (non-hydrogen) atoms. The standard InChI is InChI=1S/C23H38O4/c1-4-5-6-7-8-9-10-11-12-13-16-19-17-14-15-18-20(19)21(24)22(26-2)23(25)27-3/h14-15,17-18,21-22,24H,4-13,16H2,1-3H3. The van der Waals surface area contributed by atoms with Gasteiger partial charge < -0.3 is 14.6 Å². The summed E-state index contributed by atoms with van der Waals surface area (Å²) in [6.07, 6.45) is 11.9. The van der Waals surface area contributed by atoms with Crippen molar-refractivity contribution in [3.8, 4) is 0 Å². The molecule has 0 aliphatic heterocycles. The molecule has 0 aliphatic carbocycles. The van der Waals surface area contributed by atoms with Gasteiger partial charge in [0.25, 0.3) is 0 Å². The Morgan fingerprint density at radius 1 is 0.926 bits per heavy atom. The predicted octanol–water partition coefficient (Wildman–Crippen LogP) is 5.37. The molecule has 0 heterocycles. The minimum atomic E-state index is -1.01. The molecule has 2 atom stereocenters. The van der Waals surface area contributed by atoms with E-state index in [1.54, 1.807) is 0 Å². The van der Waals surface area contributed by atoms with E-state index in [0.717, 1.165) is 24.0 Å². The van der Waals surface area contributed by atoms with Crippen molar-refractivity contribution in [2.24, 2.45) is 0 Å². The molecule has 0 amide bonds. The van der Waals surface area contributed by atoms with E-state index in [-0.39, 0.29) is 0 Å². The highest BCUT2D eigenvalue weighted by Gasteiger charge is 2.30. The topological polar surface area (TPSA) is 55.8 Å². The van der Waals surface area contributed by atoms with E-state index in [4.69, 9.17) is 9.47 Å². The van der Waals surface area contributed by atoms with E-state index in [1.165, 1.54) is 72.0 Å². The summed E-state index contributed by atoms with van der Waals surface area (Å²) in [7, 11) is 2.71. The average Bonchev–Trinajstić information content (AvgIpc) is 2.70. The Morgan fingerprint density at radius 3 is 2.04 bits per heavy atom. The van der Waals surface area contributed by atoms with Crippen LogP contribution in [0.4, 0.5) is 0 Å². The Hall–Kier alpha value is -1.39. The lowest BCUT2D eigenvalue weighted by molar-refractivity contribution is -0.159. The van der Waals surface area contributed by atoms with Gasteiger partial charge in [0.15, 0.2) is 6.10 Å². The zero-order valence-electron chi connectivity index (χ0n) is 17.4. The van der Waals surface area contributed by atoms with Crippen LogP contribution in [0.3, 0.4) is 0 Å². The maximum atomic E-state index is 11.8. The van der Waals surface area contributed by atoms with Crippen LogP contribution in [0.2, 0.25) is 0 Å². The minimum Gasteiger partial charge on any atom is -0.467 e. The third kappa shape index (κ3) is 8.89. The van der Waals surface area contributed by atoms with Gasteiger partial charge in [-0.3, -0.25) is 0 Å². The van der Waals surface area contributed by atoms with Crippen molar-refractivity contribution in [3.63, 3.8) is 0 Å². The van der Waals surface area contributed by atoms with Gasteiger partial charge in [0.05, 0.1) is 7.11 Å². The van der Waals surface area contributed by atoms with E-state index >= 15 is 0 Å². The van der Waals surface area contributed by atoms with E-state index in [9.17, 15) is 9.90 Å². The number of hydrogen-bond donors (Lipinski definition) is 1. The lowest BCUT2D eigenvalue weighted by atomic mass is 9.94. The second kappa shape index (κ2) is 14.6. The van der Waals surface area contributed by atoms with E-state index in [1.807, 2.05) is 24.3 Å². The van der Waals surface area contributed by atoms with Gasteiger partial charge in [-0.2, -0.15) is 0 Å². The molecule has 0 spiro atoms. The SMILES string of the molecule is CCCCCCCCCCCCc1ccccc1C(O)C(OC)C(=O)OC. The smallest absolute Gasteiger partial charge is 0.338 e. The Labute approximate surface area is 165 Å². The lowest BCUT2D eigenvalue weighted by Crippen LogP contribution is -2.31. The quantitative estimate of drug-likeness (QED) is 0.329. The molecule has 0 bridgehead atoms. The number of carbonyl (C=O) groups is 1. The van der Waals surface area contributed by atoms with Crippen LogP contribution >= 0.6 is 0 Å². The number of aryl methyl sites for hydroxylation is 1. The minimum absolute atomic E-state index is 0.557. The van der Waals surface area contributed by atoms with Crippen molar-refractivity contribution in [2.45, 2.75) is 89.8 Å². The third-order valence-electron chi connectivity index (χ3n) is 5.15. The number of benzene rings is 1. The first-order valence-electron chi connectivity index (χ1n) is 10.5. The Balaban J connectivity index is 2.39. The second-order valence-electron chi connectivity index (χ2n) is 7.26. The number of ether oxygens (including phenoxy) is 2. The van der Waals surface area contributed by atoms with Crippen LogP contribution in [0.5, 0.6) is 0 Å². The molecule has 0 saturated heterocycles. The molecule has 1 aromatic rings. The molecule has 4 heteroatoms. The molecule has 0 aliphatic rings. The molecule has 0 aromatic heterocycles. The average molecular weight is 379 g/mol. The number of aliphatic hydroxyl groups excluding tert-OH is 1. The highest BCUT2D eigenvalue weighted by atomic mass is 16.6. The highest BCUT2D eigenvalue weighted by molar-refractivity contribution is 5.75. The summed E-state index contributed by atoms with van der Waals surface area (Å²) in [5, 5.41) is 10.6. The molecule has 1 N–H and O–H groups in total. The maximum absolute atomic E-state index is 11.8. The van der Waals surface area contributed by atoms with Gasteiger partial charge in [-0.1, -0.05) is 89.0 Å². The zero-order valence-corrected chi connectivity index (χ0v) is 17.4. The fraction of sp³-hybridized carbons (Fsp3) is 0.696. The Kier molecular flexibility index (Phi) is 12.8. The third-order valence-corrected chi connectivity index (χ3v) is 5.15.